The summed E-state index contributed by atoms with van der Waals surface area (Å²) in [6.45, 7) is -0.217. The lowest BCUT2D eigenvalue weighted by molar-refractivity contribution is -0.139. The number of amides is 2. The molecule has 0 atom stereocenters. The zero-order valence-electron chi connectivity index (χ0n) is 16.6. The van der Waals surface area contributed by atoms with Crippen molar-refractivity contribution >= 4 is 23.5 Å². The zero-order valence-corrected chi connectivity index (χ0v) is 16.6. The van der Waals surface area contributed by atoms with Crippen LogP contribution >= 0.6 is 0 Å². The molecule has 152 valence electrons. The Morgan fingerprint density at radius 1 is 0.833 bits per heavy atom. The summed E-state index contributed by atoms with van der Waals surface area (Å²) in [6.07, 6.45) is 0.216. The van der Waals surface area contributed by atoms with Gasteiger partial charge in [-0.25, -0.2) is 0 Å². The van der Waals surface area contributed by atoms with E-state index in [2.05, 4.69) is 15.4 Å². The van der Waals surface area contributed by atoms with Crippen LogP contribution in [0.15, 0.2) is 78.9 Å². The van der Waals surface area contributed by atoms with Gasteiger partial charge in [-0.1, -0.05) is 60.7 Å². The minimum atomic E-state index is -0.536. The Morgan fingerprint density at radius 2 is 1.53 bits per heavy atom. The fraction of sp³-hybridized carbons (Fsp3) is 0.125. The number of anilines is 1. The van der Waals surface area contributed by atoms with Crippen molar-refractivity contribution < 1.29 is 19.1 Å². The van der Waals surface area contributed by atoms with E-state index in [1.54, 1.807) is 24.3 Å². The fourth-order valence-electron chi connectivity index (χ4n) is 2.90. The standard InChI is InChI=1S/C24H22N2O4/c1-30-23(28)16-25-24(29)20-8-5-9-21(15-20)26-22(27)14-17-10-12-19(13-11-17)18-6-3-2-4-7-18/h2-13,15H,14,16H2,1H3,(H,25,29)(H,26,27). The normalized spacial score (nSPS) is 10.2. The molecule has 3 aromatic rings. The van der Waals surface area contributed by atoms with Crippen molar-refractivity contribution in [1.82, 2.24) is 5.32 Å². The van der Waals surface area contributed by atoms with Crippen LogP contribution in [0.1, 0.15) is 15.9 Å². The van der Waals surface area contributed by atoms with E-state index in [1.807, 2.05) is 54.6 Å². The Labute approximate surface area is 174 Å². The van der Waals surface area contributed by atoms with Crippen LogP contribution in [-0.4, -0.2) is 31.4 Å². The Bertz CT molecular complexity index is 1030. The van der Waals surface area contributed by atoms with Crippen molar-refractivity contribution in [1.29, 1.82) is 0 Å². The highest BCUT2D eigenvalue weighted by molar-refractivity contribution is 5.98. The lowest BCUT2D eigenvalue weighted by Gasteiger charge is -2.09. The van der Waals surface area contributed by atoms with Crippen LogP contribution in [0.4, 0.5) is 5.69 Å². The molecule has 0 aliphatic carbocycles. The number of hydrogen-bond acceptors (Lipinski definition) is 4. The number of ether oxygens (including phenoxy) is 1. The summed E-state index contributed by atoms with van der Waals surface area (Å²) in [4.78, 5) is 35.7. The molecule has 0 radical (unpaired) electrons. The molecule has 30 heavy (non-hydrogen) atoms. The van der Waals surface area contributed by atoms with Gasteiger partial charge < -0.3 is 15.4 Å². The zero-order chi connectivity index (χ0) is 21.3. The molecule has 0 aliphatic rings. The molecule has 6 heteroatoms. The molecule has 3 rings (SSSR count). The van der Waals surface area contributed by atoms with E-state index >= 15 is 0 Å². The Balaban J connectivity index is 1.58. The van der Waals surface area contributed by atoms with E-state index in [1.165, 1.54) is 7.11 Å². The van der Waals surface area contributed by atoms with Crippen molar-refractivity contribution in [2.75, 3.05) is 19.0 Å². The summed E-state index contributed by atoms with van der Waals surface area (Å²) >= 11 is 0. The molecule has 2 amide bonds. The van der Waals surface area contributed by atoms with Crippen molar-refractivity contribution in [2.45, 2.75) is 6.42 Å². The van der Waals surface area contributed by atoms with Crippen LogP contribution in [0.3, 0.4) is 0 Å². The SMILES string of the molecule is COC(=O)CNC(=O)c1cccc(NC(=O)Cc2ccc(-c3ccccc3)cc2)c1. The topological polar surface area (TPSA) is 84.5 Å². The third-order valence-corrected chi connectivity index (χ3v) is 4.46. The first-order chi connectivity index (χ1) is 14.5. The molecule has 2 N–H and O–H groups in total. The number of methoxy groups -OCH3 is 1. The maximum atomic E-state index is 12.4. The molecule has 0 saturated heterocycles. The first-order valence-electron chi connectivity index (χ1n) is 9.44. The molecule has 0 aromatic heterocycles. The molecular weight excluding hydrogens is 380 g/mol. The molecule has 3 aromatic carbocycles. The molecule has 0 bridgehead atoms. The molecule has 0 aliphatic heterocycles. The smallest absolute Gasteiger partial charge is 0.325 e. The Hall–Kier alpha value is -3.93. The summed E-state index contributed by atoms with van der Waals surface area (Å²) in [7, 11) is 1.25. The molecular formula is C24H22N2O4. The van der Waals surface area contributed by atoms with Gasteiger partial charge in [-0.05, 0) is 34.9 Å². The van der Waals surface area contributed by atoms with Gasteiger partial charge >= 0.3 is 5.97 Å². The van der Waals surface area contributed by atoms with Gasteiger partial charge in [0.2, 0.25) is 5.91 Å². The summed E-state index contributed by atoms with van der Waals surface area (Å²) in [6, 6.07) is 24.4. The largest absolute Gasteiger partial charge is 0.468 e. The summed E-state index contributed by atoms with van der Waals surface area (Å²) in [5, 5.41) is 5.26. The van der Waals surface area contributed by atoms with Crippen LogP contribution in [-0.2, 0) is 20.7 Å². The number of rotatable bonds is 7. The highest BCUT2D eigenvalue weighted by Crippen LogP contribution is 2.19. The first-order valence-corrected chi connectivity index (χ1v) is 9.44. The fourth-order valence-corrected chi connectivity index (χ4v) is 2.90. The monoisotopic (exact) mass is 402 g/mol. The minimum absolute atomic E-state index is 0.186. The second-order valence-electron chi connectivity index (χ2n) is 6.63. The molecule has 0 saturated carbocycles. The second-order valence-corrected chi connectivity index (χ2v) is 6.63. The van der Waals surface area contributed by atoms with Crippen molar-refractivity contribution in [3.05, 3.63) is 90.0 Å². The van der Waals surface area contributed by atoms with Gasteiger partial charge in [0.15, 0.2) is 0 Å². The molecule has 6 nitrogen and oxygen atoms in total. The van der Waals surface area contributed by atoms with E-state index in [4.69, 9.17) is 0 Å². The third-order valence-electron chi connectivity index (χ3n) is 4.46. The predicted octanol–water partition coefficient (Wildman–Crippen LogP) is 3.44. The molecule has 0 heterocycles. The van der Waals surface area contributed by atoms with Gasteiger partial charge in [0.1, 0.15) is 6.54 Å². The quantitative estimate of drug-likeness (QED) is 0.593. The van der Waals surface area contributed by atoms with Crippen molar-refractivity contribution in [3.63, 3.8) is 0 Å². The Morgan fingerprint density at radius 3 is 2.23 bits per heavy atom. The van der Waals surface area contributed by atoms with Crippen molar-refractivity contribution in [3.8, 4) is 11.1 Å². The van der Waals surface area contributed by atoms with Gasteiger partial charge in [0.25, 0.3) is 5.91 Å². The van der Waals surface area contributed by atoms with Crippen LogP contribution in [0.25, 0.3) is 11.1 Å². The number of esters is 1. The van der Waals surface area contributed by atoms with Gasteiger partial charge in [-0.3, -0.25) is 14.4 Å². The maximum absolute atomic E-state index is 12.4. The predicted molar refractivity (Wildman–Crippen MR) is 115 cm³/mol. The highest BCUT2D eigenvalue weighted by Gasteiger charge is 2.10. The second kappa shape index (κ2) is 10.0. The number of carbonyl (C=O) groups excluding carboxylic acids is 3. The van der Waals surface area contributed by atoms with E-state index in [0.717, 1.165) is 16.7 Å². The number of benzene rings is 3. The Kier molecular flexibility index (Phi) is 6.95. The maximum Gasteiger partial charge on any atom is 0.325 e. The highest BCUT2D eigenvalue weighted by atomic mass is 16.5. The van der Waals surface area contributed by atoms with Crippen LogP contribution < -0.4 is 10.6 Å². The third kappa shape index (κ3) is 5.78. The molecule has 0 unspecified atom stereocenters. The van der Waals surface area contributed by atoms with Gasteiger partial charge in [0.05, 0.1) is 13.5 Å². The number of nitrogens with one attached hydrogen (secondary N) is 2. The van der Waals surface area contributed by atoms with Crippen molar-refractivity contribution in [2.24, 2.45) is 0 Å². The number of hydrogen-bond donors (Lipinski definition) is 2. The lowest BCUT2D eigenvalue weighted by atomic mass is 10.0. The summed E-state index contributed by atoms with van der Waals surface area (Å²) in [5.74, 6) is -1.14. The van der Waals surface area contributed by atoms with Crippen LogP contribution in [0.5, 0.6) is 0 Å². The van der Waals surface area contributed by atoms with E-state index in [9.17, 15) is 14.4 Å². The summed E-state index contributed by atoms with van der Waals surface area (Å²) in [5.41, 5.74) is 3.94. The first kappa shape index (κ1) is 20.8. The molecule has 0 fully saturated rings. The molecule has 0 spiro atoms. The summed E-state index contributed by atoms with van der Waals surface area (Å²) < 4.78 is 4.49. The van der Waals surface area contributed by atoms with Crippen LogP contribution in [0.2, 0.25) is 0 Å². The average Bonchev–Trinajstić information content (AvgIpc) is 2.78. The van der Waals surface area contributed by atoms with E-state index in [-0.39, 0.29) is 18.9 Å². The van der Waals surface area contributed by atoms with Gasteiger partial charge in [-0.15, -0.1) is 0 Å². The number of carbonyl (C=O) groups is 3. The average molecular weight is 402 g/mol. The van der Waals surface area contributed by atoms with Gasteiger partial charge in [0, 0.05) is 11.3 Å². The van der Waals surface area contributed by atoms with E-state index in [0.29, 0.717) is 11.3 Å². The minimum Gasteiger partial charge on any atom is -0.468 e. The van der Waals surface area contributed by atoms with Crippen LogP contribution in [0, 0.1) is 0 Å². The lowest BCUT2D eigenvalue weighted by Crippen LogP contribution is -2.30. The van der Waals surface area contributed by atoms with Gasteiger partial charge in [-0.2, -0.15) is 0 Å². The van der Waals surface area contributed by atoms with E-state index < -0.39 is 11.9 Å².